The summed E-state index contributed by atoms with van der Waals surface area (Å²) < 4.78 is 8.10. The molecule has 0 saturated carbocycles. The molecule has 0 N–H and O–H groups in total. The third-order valence-electron chi connectivity index (χ3n) is 5.30. The Labute approximate surface area is 182 Å². The Kier molecular flexibility index (Phi) is 6.26. The van der Waals surface area contributed by atoms with E-state index in [0.717, 1.165) is 29.0 Å². The lowest BCUT2D eigenvalue weighted by Crippen LogP contribution is -2.28. The Hall–Kier alpha value is -3.67. The van der Waals surface area contributed by atoms with Crippen molar-refractivity contribution in [1.29, 1.82) is 0 Å². The minimum atomic E-state index is -0.0618. The zero-order valence-corrected chi connectivity index (χ0v) is 17.9. The van der Waals surface area contributed by atoms with Gasteiger partial charge in [-0.15, -0.1) is 0 Å². The zero-order chi connectivity index (χ0) is 21.6. The quantitative estimate of drug-likeness (QED) is 0.430. The number of amides is 1. The first-order valence-electron chi connectivity index (χ1n) is 10.5. The van der Waals surface area contributed by atoms with Gasteiger partial charge in [0.05, 0.1) is 24.1 Å². The zero-order valence-electron chi connectivity index (χ0n) is 17.9. The number of hydrogen-bond acceptors (Lipinski definition) is 4. The van der Waals surface area contributed by atoms with Crippen molar-refractivity contribution in [2.45, 2.75) is 26.4 Å². The first-order chi connectivity index (χ1) is 15.2. The van der Waals surface area contributed by atoms with Crippen molar-refractivity contribution in [2.24, 2.45) is 0 Å². The van der Waals surface area contributed by atoms with Gasteiger partial charge in [0.15, 0.2) is 0 Å². The summed E-state index contributed by atoms with van der Waals surface area (Å²) in [6.07, 6.45) is 4.26. The van der Waals surface area contributed by atoms with Crippen molar-refractivity contribution in [3.8, 4) is 5.75 Å². The Morgan fingerprint density at radius 3 is 2.52 bits per heavy atom. The highest BCUT2D eigenvalue weighted by Gasteiger charge is 2.17. The predicted octanol–water partition coefficient (Wildman–Crippen LogP) is 4.34. The molecule has 0 bridgehead atoms. The number of imidazole rings is 1. The molecule has 2 aromatic carbocycles. The first-order valence-corrected chi connectivity index (χ1v) is 10.5. The van der Waals surface area contributed by atoms with Crippen LogP contribution in [0.15, 0.2) is 73.1 Å². The summed E-state index contributed by atoms with van der Waals surface area (Å²) in [5.74, 6) is 1.62. The first kappa shape index (κ1) is 20.6. The van der Waals surface area contributed by atoms with E-state index < -0.39 is 0 Å². The normalized spacial score (nSPS) is 10.9. The van der Waals surface area contributed by atoms with Crippen LogP contribution in [0.1, 0.15) is 28.7 Å². The van der Waals surface area contributed by atoms with E-state index in [4.69, 9.17) is 9.72 Å². The molecule has 0 atom stereocenters. The number of carbonyl (C=O) groups is 1. The summed E-state index contributed by atoms with van der Waals surface area (Å²) in [4.78, 5) is 23.2. The number of hydrogen-bond donors (Lipinski definition) is 0. The van der Waals surface area contributed by atoms with Crippen LogP contribution in [0.4, 0.5) is 0 Å². The van der Waals surface area contributed by atoms with Crippen molar-refractivity contribution in [3.63, 3.8) is 0 Å². The van der Waals surface area contributed by atoms with E-state index in [0.29, 0.717) is 25.3 Å². The van der Waals surface area contributed by atoms with Crippen LogP contribution in [0.2, 0.25) is 0 Å². The molecule has 0 saturated heterocycles. The molecule has 0 unspecified atom stereocenters. The van der Waals surface area contributed by atoms with Crippen LogP contribution in [0.3, 0.4) is 0 Å². The Morgan fingerprint density at radius 2 is 1.77 bits per heavy atom. The molecule has 31 heavy (non-hydrogen) atoms. The number of nitrogens with zero attached hydrogens (tertiary/aromatic N) is 4. The summed E-state index contributed by atoms with van der Waals surface area (Å²) in [5, 5.41) is 0. The summed E-state index contributed by atoms with van der Waals surface area (Å²) in [6.45, 7) is 3.70. The van der Waals surface area contributed by atoms with Gasteiger partial charge in [-0.05, 0) is 48.4 Å². The molecular formula is C25H26N4O2. The lowest BCUT2D eigenvalue weighted by molar-refractivity contribution is 0.0780. The van der Waals surface area contributed by atoms with Crippen molar-refractivity contribution in [3.05, 3.63) is 90.0 Å². The molecule has 0 aliphatic carbocycles. The van der Waals surface area contributed by atoms with Crippen molar-refractivity contribution in [2.75, 3.05) is 13.7 Å². The van der Waals surface area contributed by atoms with Gasteiger partial charge in [0, 0.05) is 25.0 Å². The highest BCUT2D eigenvalue weighted by atomic mass is 16.5. The minimum Gasteiger partial charge on any atom is -0.492 e. The number of para-hydroxylation sites is 2. The lowest BCUT2D eigenvalue weighted by atomic mass is 10.2. The van der Waals surface area contributed by atoms with E-state index in [-0.39, 0.29) is 5.91 Å². The number of aryl methyl sites for hydroxylation is 1. The average molecular weight is 415 g/mol. The second-order valence-electron chi connectivity index (χ2n) is 7.41. The molecule has 1 amide bonds. The third kappa shape index (κ3) is 4.74. The van der Waals surface area contributed by atoms with Gasteiger partial charge in [-0.1, -0.05) is 31.2 Å². The van der Waals surface area contributed by atoms with E-state index in [9.17, 15) is 4.79 Å². The summed E-state index contributed by atoms with van der Waals surface area (Å²) in [7, 11) is 1.79. The molecule has 4 rings (SSSR count). The monoisotopic (exact) mass is 414 g/mol. The van der Waals surface area contributed by atoms with Gasteiger partial charge < -0.3 is 14.2 Å². The fourth-order valence-electron chi connectivity index (χ4n) is 3.57. The van der Waals surface area contributed by atoms with E-state index in [1.54, 1.807) is 36.5 Å². The average Bonchev–Trinajstić information content (AvgIpc) is 3.16. The van der Waals surface area contributed by atoms with E-state index in [1.165, 1.54) is 5.56 Å². The standard InChI is InChI=1S/C25H26N4O2/c1-3-19-8-10-21(11-9-19)31-17-16-29-23-7-5-4-6-22(23)27-24(29)18-28(2)25(30)20-12-14-26-15-13-20/h4-15H,3,16-18H2,1-2H3. The fourth-order valence-corrected chi connectivity index (χ4v) is 3.57. The highest BCUT2D eigenvalue weighted by Crippen LogP contribution is 2.19. The van der Waals surface area contributed by atoms with E-state index >= 15 is 0 Å². The molecule has 0 spiro atoms. The number of aromatic nitrogens is 3. The van der Waals surface area contributed by atoms with Gasteiger partial charge in [-0.3, -0.25) is 9.78 Å². The molecule has 0 fully saturated rings. The predicted molar refractivity (Wildman–Crippen MR) is 121 cm³/mol. The molecule has 0 aliphatic heterocycles. The molecular weight excluding hydrogens is 388 g/mol. The SMILES string of the molecule is CCc1ccc(OCCn2c(CN(C)C(=O)c3ccncc3)nc3ccccc32)cc1. The van der Waals surface area contributed by atoms with Gasteiger partial charge >= 0.3 is 0 Å². The molecule has 6 nitrogen and oxygen atoms in total. The van der Waals surface area contributed by atoms with Crippen molar-refractivity contribution in [1.82, 2.24) is 19.4 Å². The maximum absolute atomic E-state index is 12.8. The second kappa shape index (κ2) is 9.43. The largest absolute Gasteiger partial charge is 0.492 e. The van der Waals surface area contributed by atoms with Gasteiger partial charge in [-0.2, -0.15) is 0 Å². The number of pyridine rings is 1. The van der Waals surface area contributed by atoms with Crippen molar-refractivity contribution < 1.29 is 9.53 Å². The van der Waals surface area contributed by atoms with Gasteiger partial charge in [0.25, 0.3) is 5.91 Å². The van der Waals surface area contributed by atoms with E-state index in [2.05, 4.69) is 28.6 Å². The number of rotatable bonds is 8. The summed E-state index contributed by atoms with van der Waals surface area (Å²) in [5.41, 5.74) is 3.85. The van der Waals surface area contributed by atoms with Crippen LogP contribution in [0, 0.1) is 0 Å². The van der Waals surface area contributed by atoms with Crippen LogP contribution in [-0.2, 0) is 19.5 Å². The smallest absolute Gasteiger partial charge is 0.254 e. The lowest BCUT2D eigenvalue weighted by Gasteiger charge is -2.18. The number of fused-ring (bicyclic) bond motifs is 1. The highest BCUT2D eigenvalue weighted by molar-refractivity contribution is 5.93. The van der Waals surface area contributed by atoms with Gasteiger partial charge in [0.2, 0.25) is 0 Å². The van der Waals surface area contributed by atoms with Gasteiger partial charge in [-0.25, -0.2) is 4.98 Å². The molecule has 2 aromatic heterocycles. The molecule has 0 aliphatic rings. The Bertz CT molecular complexity index is 1150. The number of benzene rings is 2. The van der Waals surface area contributed by atoms with Gasteiger partial charge in [0.1, 0.15) is 18.2 Å². The maximum Gasteiger partial charge on any atom is 0.254 e. The van der Waals surface area contributed by atoms with Crippen LogP contribution < -0.4 is 4.74 Å². The van der Waals surface area contributed by atoms with Crippen LogP contribution in [0.5, 0.6) is 5.75 Å². The van der Waals surface area contributed by atoms with Crippen molar-refractivity contribution >= 4 is 16.9 Å². The molecule has 158 valence electrons. The third-order valence-corrected chi connectivity index (χ3v) is 5.30. The topological polar surface area (TPSA) is 60.2 Å². The summed E-state index contributed by atoms with van der Waals surface area (Å²) >= 11 is 0. The van der Waals surface area contributed by atoms with E-state index in [1.807, 2.05) is 36.4 Å². The maximum atomic E-state index is 12.8. The molecule has 2 heterocycles. The van der Waals surface area contributed by atoms with Crippen LogP contribution >= 0.6 is 0 Å². The number of ether oxygens (including phenoxy) is 1. The number of carbonyl (C=O) groups excluding carboxylic acids is 1. The molecule has 4 aromatic rings. The molecule has 6 heteroatoms. The fraction of sp³-hybridized carbons (Fsp3) is 0.240. The second-order valence-corrected chi connectivity index (χ2v) is 7.41. The molecule has 0 radical (unpaired) electrons. The Morgan fingerprint density at radius 1 is 1.03 bits per heavy atom. The Balaban J connectivity index is 1.50. The van der Waals surface area contributed by atoms with Crippen LogP contribution in [-0.4, -0.2) is 39.0 Å². The minimum absolute atomic E-state index is 0.0618. The summed E-state index contributed by atoms with van der Waals surface area (Å²) in [6, 6.07) is 19.7. The van der Waals surface area contributed by atoms with Crippen LogP contribution in [0.25, 0.3) is 11.0 Å².